The molecule has 3 aromatic rings. The third kappa shape index (κ3) is 4.01. The van der Waals surface area contributed by atoms with Gasteiger partial charge in [-0.2, -0.15) is 0 Å². The fourth-order valence-corrected chi connectivity index (χ4v) is 3.95. The Kier molecular flexibility index (Phi) is 6.37. The SMILES string of the molecule is CCOC(=O)c1c(-c2ccc(Br)cc2)csc1/N=C/c1c(O)n(C)c(=O)n(C)c1=O. The fourth-order valence-electron chi connectivity index (χ4n) is 2.78. The Morgan fingerprint density at radius 3 is 2.53 bits per heavy atom. The maximum absolute atomic E-state index is 12.6. The highest BCUT2D eigenvalue weighted by atomic mass is 79.9. The van der Waals surface area contributed by atoms with Crippen LogP contribution in [0, 0.1) is 0 Å². The molecule has 0 aliphatic carbocycles. The second kappa shape index (κ2) is 8.80. The quantitative estimate of drug-likeness (QED) is 0.435. The van der Waals surface area contributed by atoms with Crippen molar-refractivity contribution in [3.63, 3.8) is 0 Å². The number of aromatic hydroxyl groups is 1. The van der Waals surface area contributed by atoms with Crippen LogP contribution in [0.15, 0.2) is 48.7 Å². The van der Waals surface area contributed by atoms with E-state index < -0.39 is 23.1 Å². The van der Waals surface area contributed by atoms with E-state index >= 15 is 0 Å². The summed E-state index contributed by atoms with van der Waals surface area (Å²) in [5, 5.41) is 12.3. The Morgan fingerprint density at radius 2 is 1.90 bits per heavy atom. The van der Waals surface area contributed by atoms with E-state index in [1.165, 1.54) is 25.4 Å². The number of thiophene rings is 1. The average Bonchev–Trinajstić information content (AvgIpc) is 3.15. The van der Waals surface area contributed by atoms with Crippen LogP contribution in [-0.4, -0.2) is 33.0 Å². The van der Waals surface area contributed by atoms with Crippen molar-refractivity contribution >= 4 is 44.5 Å². The second-order valence-electron chi connectivity index (χ2n) is 6.26. The number of carbonyl (C=O) groups is 1. The molecule has 0 unspecified atom stereocenters. The van der Waals surface area contributed by atoms with Gasteiger partial charge in [0.25, 0.3) is 5.56 Å². The lowest BCUT2D eigenvalue weighted by atomic mass is 10.0. The molecule has 0 amide bonds. The van der Waals surface area contributed by atoms with Crippen LogP contribution < -0.4 is 11.2 Å². The lowest BCUT2D eigenvalue weighted by molar-refractivity contribution is 0.0529. The van der Waals surface area contributed by atoms with E-state index in [0.29, 0.717) is 10.6 Å². The van der Waals surface area contributed by atoms with Crippen LogP contribution in [0.2, 0.25) is 0 Å². The summed E-state index contributed by atoms with van der Waals surface area (Å²) in [4.78, 5) is 41.2. The molecule has 2 heterocycles. The minimum atomic E-state index is -0.693. The molecule has 10 heteroatoms. The Bertz CT molecular complexity index is 1260. The van der Waals surface area contributed by atoms with Crippen molar-refractivity contribution in [2.24, 2.45) is 19.1 Å². The number of ether oxygens (including phenoxy) is 1. The number of aromatic nitrogens is 2. The van der Waals surface area contributed by atoms with Gasteiger partial charge in [0.15, 0.2) is 0 Å². The van der Waals surface area contributed by atoms with Gasteiger partial charge in [0.2, 0.25) is 5.88 Å². The lowest BCUT2D eigenvalue weighted by Gasteiger charge is -2.07. The molecule has 0 bridgehead atoms. The minimum absolute atomic E-state index is 0.159. The minimum Gasteiger partial charge on any atom is -0.494 e. The highest BCUT2D eigenvalue weighted by Crippen LogP contribution is 2.38. The highest BCUT2D eigenvalue weighted by molar-refractivity contribution is 9.10. The zero-order valence-electron chi connectivity index (χ0n) is 16.4. The van der Waals surface area contributed by atoms with Crippen LogP contribution in [0.25, 0.3) is 11.1 Å². The van der Waals surface area contributed by atoms with Gasteiger partial charge in [0.1, 0.15) is 16.1 Å². The van der Waals surface area contributed by atoms with E-state index in [1.807, 2.05) is 24.3 Å². The summed E-state index contributed by atoms with van der Waals surface area (Å²) in [5.41, 5.74) is 0.210. The summed E-state index contributed by atoms with van der Waals surface area (Å²) in [6.45, 7) is 1.90. The molecule has 1 N–H and O–H groups in total. The third-order valence-electron chi connectivity index (χ3n) is 4.38. The predicted octanol–water partition coefficient (Wildman–Crippen LogP) is 3.21. The van der Waals surface area contributed by atoms with Crippen molar-refractivity contribution in [2.45, 2.75) is 6.92 Å². The van der Waals surface area contributed by atoms with Gasteiger partial charge in [0.05, 0.1) is 6.61 Å². The van der Waals surface area contributed by atoms with E-state index in [4.69, 9.17) is 4.74 Å². The molecule has 0 saturated heterocycles. The molecule has 3 rings (SSSR count). The van der Waals surface area contributed by atoms with Crippen molar-refractivity contribution in [1.29, 1.82) is 0 Å². The van der Waals surface area contributed by atoms with Gasteiger partial charge in [-0.25, -0.2) is 14.6 Å². The van der Waals surface area contributed by atoms with E-state index in [9.17, 15) is 19.5 Å². The third-order valence-corrected chi connectivity index (χ3v) is 5.80. The van der Waals surface area contributed by atoms with Gasteiger partial charge in [-0.1, -0.05) is 28.1 Å². The smallest absolute Gasteiger partial charge is 0.341 e. The zero-order chi connectivity index (χ0) is 22.0. The molecule has 0 fully saturated rings. The summed E-state index contributed by atoms with van der Waals surface area (Å²) in [7, 11) is 2.65. The van der Waals surface area contributed by atoms with Crippen LogP contribution in [0.1, 0.15) is 22.8 Å². The fraction of sp³-hybridized carbons (Fsp3) is 0.200. The van der Waals surface area contributed by atoms with Gasteiger partial charge >= 0.3 is 11.7 Å². The number of esters is 1. The Balaban J connectivity index is 2.14. The first kappa shape index (κ1) is 21.7. The predicted molar refractivity (Wildman–Crippen MR) is 119 cm³/mol. The molecule has 0 radical (unpaired) electrons. The summed E-state index contributed by atoms with van der Waals surface area (Å²) < 4.78 is 7.90. The number of carbonyl (C=O) groups excluding carboxylic acids is 1. The molecule has 156 valence electrons. The molecular formula is C20H18BrN3O5S. The topological polar surface area (TPSA) is 103 Å². The number of benzene rings is 1. The summed E-state index contributed by atoms with van der Waals surface area (Å²) in [6, 6.07) is 7.43. The second-order valence-corrected chi connectivity index (χ2v) is 8.03. The molecular weight excluding hydrogens is 474 g/mol. The number of nitrogens with zero attached hydrogens (tertiary/aromatic N) is 3. The molecule has 1 aromatic carbocycles. The molecule has 2 aromatic heterocycles. The first-order valence-electron chi connectivity index (χ1n) is 8.83. The van der Waals surface area contributed by atoms with Crippen LogP contribution in [0.3, 0.4) is 0 Å². The molecule has 8 nitrogen and oxygen atoms in total. The van der Waals surface area contributed by atoms with E-state index in [2.05, 4.69) is 20.9 Å². The van der Waals surface area contributed by atoms with E-state index in [0.717, 1.165) is 25.4 Å². The normalized spacial score (nSPS) is 11.2. The molecule has 0 aliphatic rings. The monoisotopic (exact) mass is 491 g/mol. The van der Waals surface area contributed by atoms with E-state index in [-0.39, 0.29) is 17.7 Å². The maximum Gasteiger partial charge on any atom is 0.341 e. The average molecular weight is 492 g/mol. The van der Waals surface area contributed by atoms with Gasteiger partial charge < -0.3 is 9.84 Å². The zero-order valence-corrected chi connectivity index (χ0v) is 18.8. The molecule has 0 atom stereocenters. The standard InChI is InChI=1S/C20H18BrN3O5S/c1-4-29-19(27)15-14(11-5-7-12(21)8-6-11)10-30-16(15)22-9-13-17(25)23(2)20(28)24(3)18(13)26/h5-10,25H,4H2,1-3H3/b22-9+. The van der Waals surface area contributed by atoms with Gasteiger partial charge in [-0.15, -0.1) is 11.3 Å². The van der Waals surface area contributed by atoms with Crippen LogP contribution in [0.5, 0.6) is 5.88 Å². The first-order valence-corrected chi connectivity index (χ1v) is 10.5. The highest BCUT2D eigenvalue weighted by Gasteiger charge is 2.22. The molecule has 0 saturated carbocycles. The Morgan fingerprint density at radius 1 is 1.23 bits per heavy atom. The van der Waals surface area contributed by atoms with Crippen LogP contribution >= 0.6 is 27.3 Å². The van der Waals surface area contributed by atoms with Gasteiger partial charge in [-0.3, -0.25) is 13.9 Å². The largest absolute Gasteiger partial charge is 0.494 e. The molecule has 0 aliphatic heterocycles. The van der Waals surface area contributed by atoms with Crippen LogP contribution in [-0.2, 0) is 18.8 Å². The molecule has 30 heavy (non-hydrogen) atoms. The van der Waals surface area contributed by atoms with Gasteiger partial charge in [-0.05, 0) is 24.6 Å². The Hall–Kier alpha value is -2.98. The van der Waals surface area contributed by atoms with Crippen molar-refractivity contribution < 1.29 is 14.6 Å². The number of aliphatic imine (C=N–C) groups is 1. The van der Waals surface area contributed by atoms with E-state index in [1.54, 1.807) is 12.3 Å². The van der Waals surface area contributed by atoms with Crippen molar-refractivity contribution in [1.82, 2.24) is 9.13 Å². The first-order chi connectivity index (χ1) is 14.3. The number of rotatable bonds is 5. The summed E-state index contributed by atoms with van der Waals surface area (Å²) >= 11 is 4.59. The number of hydrogen-bond donors (Lipinski definition) is 1. The van der Waals surface area contributed by atoms with Crippen molar-refractivity contribution in [2.75, 3.05) is 6.61 Å². The summed E-state index contributed by atoms with van der Waals surface area (Å²) in [5.74, 6) is -1.05. The Labute approximate surface area is 183 Å². The number of halogens is 1. The maximum atomic E-state index is 12.6. The lowest BCUT2D eigenvalue weighted by Crippen LogP contribution is -2.38. The van der Waals surface area contributed by atoms with Crippen LogP contribution in [0.4, 0.5) is 5.00 Å². The van der Waals surface area contributed by atoms with Gasteiger partial charge in [0, 0.05) is 35.7 Å². The number of hydrogen-bond acceptors (Lipinski definition) is 7. The summed E-state index contributed by atoms with van der Waals surface area (Å²) in [6.07, 6.45) is 1.15. The van der Waals surface area contributed by atoms with Crippen molar-refractivity contribution in [3.8, 4) is 17.0 Å². The van der Waals surface area contributed by atoms with Crippen molar-refractivity contribution in [3.05, 3.63) is 66.1 Å². The molecule has 0 spiro atoms.